The molecule has 0 saturated heterocycles. The van der Waals surface area contributed by atoms with Crippen molar-refractivity contribution in [1.29, 1.82) is 0 Å². The summed E-state index contributed by atoms with van der Waals surface area (Å²) in [5, 5.41) is 0. The third-order valence-electron chi connectivity index (χ3n) is 3.88. The maximum Gasteiger partial charge on any atom is 0.185 e. The number of carbonyl (C=O) groups is 1. The topological polar surface area (TPSA) is 26.3 Å². The molecule has 3 heteroatoms. The van der Waals surface area contributed by atoms with Gasteiger partial charge in [0.2, 0.25) is 0 Å². The molecule has 0 fully saturated rings. The van der Waals surface area contributed by atoms with E-state index in [0.29, 0.717) is 5.56 Å². The Balaban J connectivity index is 1.79. The lowest BCUT2D eigenvalue weighted by Gasteiger charge is -2.05. The van der Waals surface area contributed by atoms with Gasteiger partial charge in [-0.25, -0.2) is 0 Å². The Morgan fingerprint density at radius 2 is 1.60 bits per heavy atom. The normalized spacial score (nSPS) is 10.8. The van der Waals surface area contributed by atoms with Gasteiger partial charge in [-0.15, -0.1) is 0 Å². The lowest BCUT2D eigenvalue weighted by Crippen LogP contribution is -1.94. The Morgan fingerprint density at radius 1 is 0.920 bits per heavy atom. The number of methoxy groups -OCH3 is 1. The molecule has 0 aliphatic rings. The highest BCUT2D eigenvalue weighted by atomic mass is 79.9. The van der Waals surface area contributed by atoms with Crippen molar-refractivity contribution >= 4 is 27.8 Å². The smallest absolute Gasteiger partial charge is 0.185 e. The quantitative estimate of drug-likeness (QED) is 0.391. The molecule has 0 aliphatic heterocycles. The molecule has 0 N–H and O–H groups in total. The molecule has 2 nitrogen and oxygen atoms in total. The molecule has 3 aromatic carbocycles. The zero-order chi connectivity index (χ0) is 17.6. The second kappa shape index (κ2) is 7.95. The highest BCUT2D eigenvalue weighted by Crippen LogP contribution is 2.24. The lowest BCUT2D eigenvalue weighted by atomic mass is 10.0. The van der Waals surface area contributed by atoms with Gasteiger partial charge in [0, 0.05) is 15.6 Å². The highest BCUT2D eigenvalue weighted by Gasteiger charge is 2.05. The number of halogens is 1. The van der Waals surface area contributed by atoms with Crippen molar-refractivity contribution < 1.29 is 9.53 Å². The third kappa shape index (κ3) is 4.25. The molecule has 0 radical (unpaired) electrons. The first-order chi connectivity index (χ1) is 12.2. The molecule has 3 rings (SSSR count). The Kier molecular flexibility index (Phi) is 5.46. The Labute approximate surface area is 155 Å². The average Bonchev–Trinajstić information content (AvgIpc) is 2.67. The summed E-state index contributed by atoms with van der Waals surface area (Å²) in [5.74, 6) is 0.688. The fourth-order valence-electron chi connectivity index (χ4n) is 2.55. The van der Waals surface area contributed by atoms with Crippen LogP contribution in [0.25, 0.3) is 17.2 Å². The van der Waals surface area contributed by atoms with Gasteiger partial charge in [0.25, 0.3) is 0 Å². The second-order valence-corrected chi connectivity index (χ2v) is 6.44. The Morgan fingerprint density at radius 3 is 2.28 bits per heavy atom. The van der Waals surface area contributed by atoms with Gasteiger partial charge >= 0.3 is 0 Å². The van der Waals surface area contributed by atoms with Gasteiger partial charge in [0.1, 0.15) is 5.75 Å². The average molecular weight is 393 g/mol. The summed E-state index contributed by atoms with van der Waals surface area (Å²) in [5.41, 5.74) is 3.74. The van der Waals surface area contributed by atoms with Crippen LogP contribution in [0.5, 0.6) is 5.75 Å². The van der Waals surface area contributed by atoms with Crippen LogP contribution in [-0.2, 0) is 0 Å². The standard InChI is InChI=1S/C22H17BrO2/c1-25-22-14-12-20(23)15-19(22)11-13-21(24)18-9-7-17(8-10-18)16-5-3-2-4-6-16/h2-15H,1H3. The van der Waals surface area contributed by atoms with Crippen LogP contribution in [0.1, 0.15) is 15.9 Å². The van der Waals surface area contributed by atoms with Crippen molar-refractivity contribution in [3.8, 4) is 16.9 Å². The van der Waals surface area contributed by atoms with Crippen molar-refractivity contribution in [2.24, 2.45) is 0 Å². The summed E-state index contributed by atoms with van der Waals surface area (Å²) in [4.78, 5) is 12.4. The van der Waals surface area contributed by atoms with Crippen molar-refractivity contribution in [1.82, 2.24) is 0 Å². The lowest BCUT2D eigenvalue weighted by molar-refractivity contribution is 0.104. The molecule has 25 heavy (non-hydrogen) atoms. The molecule has 0 spiro atoms. The summed E-state index contributed by atoms with van der Waals surface area (Å²) >= 11 is 3.43. The van der Waals surface area contributed by atoms with Crippen LogP contribution in [0.4, 0.5) is 0 Å². The van der Waals surface area contributed by atoms with E-state index in [2.05, 4.69) is 28.1 Å². The van der Waals surface area contributed by atoms with Crippen LogP contribution in [0.3, 0.4) is 0 Å². The van der Waals surface area contributed by atoms with Crippen molar-refractivity contribution in [2.75, 3.05) is 7.11 Å². The van der Waals surface area contributed by atoms with E-state index in [1.54, 1.807) is 19.3 Å². The van der Waals surface area contributed by atoms with Crippen molar-refractivity contribution in [2.45, 2.75) is 0 Å². The monoisotopic (exact) mass is 392 g/mol. The van der Waals surface area contributed by atoms with E-state index in [-0.39, 0.29) is 5.78 Å². The van der Waals surface area contributed by atoms with Gasteiger partial charge in [0.05, 0.1) is 7.11 Å². The number of hydrogen-bond acceptors (Lipinski definition) is 2. The maximum absolute atomic E-state index is 12.4. The molecule has 0 aromatic heterocycles. The molecule has 0 unspecified atom stereocenters. The number of ketones is 1. The van der Waals surface area contributed by atoms with Gasteiger partial charge in [0.15, 0.2) is 5.78 Å². The fraction of sp³-hybridized carbons (Fsp3) is 0.0455. The van der Waals surface area contributed by atoms with Crippen LogP contribution >= 0.6 is 15.9 Å². The number of rotatable bonds is 5. The van der Waals surface area contributed by atoms with E-state index >= 15 is 0 Å². The first kappa shape index (κ1) is 17.2. The fourth-order valence-corrected chi connectivity index (χ4v) is 2.93. The van der Waals surface area contributed by atoms with E-state index in [0.717, 1.165) is 26.9 Å². The first-order valence-corrected chi connectivity index (χ1v) is 8.68. The van der Waals surface area contributed by atoms with E-state index in [9.17, 15) is 4.79 Å². The van der Waals surface area contributed by atoms with Crippen molar-refractivity contribution in [3.05, 3.63) is 94.5 Å². The largest absolute Gasteiger partial charge is 0.496 e. The molecule has 0 amide bonds. The SMILES string of the molecule is COc1ccc(Br)cc1C=CC(=O)c1ccc(-c2ccccc2)cc1. The molecule has 0 bridgehead atoms. The predicted octanol–water partition coefficient (Wildman–Crippen LogP) is 6.02. The highest BCUT2D eigenvalue weighted by molar-refractivity contribution is 9.10. The summed E-state index contributed by atoms with van der Waals surface area (Å²) in [6.07, 6.45) is 3.35. The minimum atomic E-state index is -0.0401. The van der Waals surface area contributed by atoms with E-state index in [1.807, 2.05) is 60.7 Å². The van der Waals surface area contributed by atoms with Gasteiger partial charge < -0.3 is 4.74 Å². The second-order valence-electron chi connectivity index (χ2n) is 5.53. The zero-order valence-corrected chi connectivity index (χ0v) is 15.4. The number of benzene rings is 3. The minimum Gasteiger partial charge on any atom is -0.496 e. The van der Waals surface area contributed by atoms with Gasteiger partial charge in [-0.1, -0.05) is 70.5 Å². The van der Waals surface area contributed by atoms with E-state index in [4.69, 9.17) is 4.74 Å². The predicted molar refractivity (Wildman–Crippen MR) is 106 cm³/mol. The van der Waals surface area contributed by atoms with Crippen LogP contribution < -0.4 is 4.74 Å². The Hall–Kier alpha value is -2.65. The molecule has 0 atom stereocenters. The molecule has 0 saturated carbocycles. The van der Waals surface area contributed by atoms with E-state index in [1.165, 1.54) is 0 Å². The molecular weight excluding hydrogens is 376 g/mol. The van der Waals surface area contributed by atoms with Crippen molar-refractivity contribution in [3.63, 3.8) is 0 Å². The third-order valence-corrected chi connectivity index (χ3v) is 4.38. The van der Waals surface area contributed by atoms with Crippen LogP contribution in [0.2, 0.25) is 0 Å². The maximum atomic E-state index is 12.4. The summed E-state index contributed by atoms with van der Waals surface area (Å²) in [6.45, 7) is 0. The molecule has 0 aliphatic carbocycles. The van der Waals surface area contributed by atoms with Gasteiger partial charge in [-0.2, -0.15) is 0 Å². The van der Waals surface area contributed by atoms with E-state index < -0.39 is 0 Å². The van der Waals surface area contributed by atoms with Crippen LogP contribution in [-0.4, -0.2) is 12.9 Å². The first-order valence-electron chi connectivity index (χ1n) is 7.89. The molecule has 0 heterocycles. The van der Waals surface area contributed by atoms with Gasteiger partial charge in [-0.05, 0) is 41.5 Å². The van der Waals surface area contributed by atoms with Gasteiger partial charge in [-0.3, -0.25) is 4.79 Å². The van der Waals surface area contributed by atoms with Crippen LogP contribution in [0.15, 0.2) is 83.3 Å². The summed E-state index contributed by atoms with van der Waals surface area (Å²) in [7, 11) is 1.62. The minimum absolute atomic E-state index is 0.0401. The number of ether oxygens (including phenoxy) is 1. The molecular formula is C22H17BrO2. The number of allylic oxidation sites excluding steroid dienone is 1. The molecule has 124 valence electrons. The Bertz CT molecular complexity index is 897. The number of carbonyl (C=O) groups excluding carboxylic acids is 1. The number of hydrogen-bond donors (Lipinski definition) is 0. The summed E-state index contributed by atoms with van der Waals surface area (Å²) < 4.78 is 6.26. The summed E-state index contributed by atoms with van der Waals surface area (Å²) in [6, 6.07) is 23.4. The zero-order valence-electron chi connectivity index (χ0n) is 13.8. The molecule has 3 aromatic rings. The van der Waals surface area contributed by atoms with Crippen LogP contribution in [0, 0.1) is 0 Å².